The predicted molar refractivity (Wildman–Crippen MR) is 72.3 cm³/mol. The molecule has 4 heteroatoms. The number of hydrogen-bond acceptors (Lipinski definition) is 2. The molecule has 1 aromatic rings. The van der Waals surface area contributed by atoms with Gasteiger partial charge in [-0.3, -0.25) is 0 Å². The minimum Gasteiger partial charge on any atom is -0.394 e. The van der Waals surface area contributed by atoms with E-state index in [1.165, 1.54) is 0 Å². The average Bonchev–Trinajstić information content (AvgIpc) is 2.36. The van der Waals surface area contributed by atoms with Crippen LogP contribution in [-0.4, -0.2) is 23.8 Å². The van der Waals surface area contributed by atoms with Crippen molar-refractivity contribution in [3.8, 4) is 0 Å². The van der Waals surface area contributed by atoms with Gasteiger partial charge in [0.05, 0.1) is 18.2 Å². The molecule has 0 radical (unpaired) electrons. The minimum absolute atomic E-state index is 0.0459. The first-order valence-electron chi connectivity index (χ1n) is 6.24. The zero-order valence-corrected chi connectivity index (χ0v) is 11.2. The molecule has 0 aliphatic rings. The highest BCUT2D eigenvalue weighted by Crippen LogP contribution is 2.19. The summed E-state index contributed by atoms with van der Waals surface area (Å²) in [7, 11) is 0. The molecule has 4 nitrogen and oxygen atoms in total. The van der Waals surface area contributed by atoms with Crippen LogP contribution in [0.2, 0.25) is 0 Å². The molecule has 0 spiro atoms. The van der Waals surface area contributed by atoms with E-state index >= 15 is 0 Å². The van der Waals surface area contributed by atoms with E-state index in [0.717, 1.165) is 5.56 Å². The number of carbonyl (C=O) groups is 1. The zero-order valence-electron chi connectivity index (χ0n) is 11.2. The van der Waals surface area contributed by atoms with Gasteiger partial charge in [-0.1, -0.05) is 37.3 Å². The number of aliphatic hydroxyl groups is 1. The monoisotopic (exact) mass is 250 g/mol. The molecule has 0 saturated carbocycles. The number of amides is 2. The van der Waals surface area contributed by atoms with Crippen LogP contribution >= 0.6 is 0 Å². The molecule has 0 bridgehead atoms. The van der Waals surface area contributed by atoms with Crippen molar-refractivity contribution in [2.75, 3.05) is 6.61 Å². The molecule has 1 aromatic carbocycles. The van der Waals surface area contributed by atoms with E-state index in [2.05, 4.69) is 10.6 Å². The van der Waals surface area contributed by atoms with E-state index in [-0.39, 0.29) is 18.7 Å². The van der Waals surface area contributed by atoms with Crippen LogP contribution in [0.5, 0.6) is 0 Å². The molecule has 0 fully saturated rings. The maximum absolute atomic E-state index is 11.8. The quantitative estimate of drug-likeness (QED) is 0.748. The Morgan fingerprint density at radius 3 is 2.44 bits per heavy atom. The van der Waals surface area contributed by atoms with Gasteiger partial charge in [-0.05, 0) is 25.8 Å². The van der Waals surface area contributed by atoms with E-state index in [0.29, 0.717) is 6.42 Å². The fourth-order valence-electron chi connectivity index (χ4n) is 1.71. The first-order chi connectivity index (χ1) is 8.49. The van der Waals surface area contributed by atoms with Crippen molar-refractivity contribution in [1.82, 2.24) is 10.6 Å². The van der Waals surface area contributed by atoms with Crippen LogP contribution in [0.1, 0.15) is 32.8 Å². The fraction of sp³-hybridized carbons (Fsp3) is 0.500. The van der Waals surface area contributed by atoms with Crippen molar-refractivity contribution in [3.05, 3.63) is 35.9 Å². The summed E-state index contributed by atoms with van der Waals surface area (Å²) in [6.45, 7) is 5.77. The van der Waals surface area contributed by atoms with Crippen LogP contribution in [0.3, 0.4) is 0 Å². The van der Waals surface area contributed by atoms with E-state index in [1.54, 1.807) is 0 Å². The Balaban J connectivity index is 2.63. The van der Waals surface area contributed by atoms with Crippen molar-refractivity contribution in [2.24, 2.45) is 0 Å². The van der Waals surface area contributed by atoms with Gasteiger partial charge in [-0.15, -0.1) is 0 Å². The third-order valence-electron chi connectivity index (χ3n) is 2.97. The third-order valence-corrected chi connectivity index (χ3v) is 2.97. The highest BCUT2D eigenvalue weighted by molar-refractivity contribution is 5.75. The Kier molecular flexibility index (Phi) is 5.16. The first-order valence-corrected chi connectivity index (χ1v) is 6.24. The third kappa shape index (κ3) is 4.04. The van der Waals surface area contributed by atoms with Gasteiger partial charge >= 0.3 is 6.03 Å². The summed E-state index contributed by atoms with van der Waals surface area (Å²) in [6, 6.07) is 9.32. The lowest BCUT2D eigenvalue weighted by atomic mass is 9.94. The number of nitrogens with one attached hydrogen (secondary N) is 2. The van der Waals surface area contributed by atoms with Crippen LogP contribution in [0, 0.1) is 0 Å². The van der Waals surface area contributed by atoms with Crippen molar-refractivity contribution in [1.29, 1.82) is 0 Å². The lowest BCUT2D eigenvalue weighted by molar-refractivity contribution is 0.207. The normalized spacial score (nSPS) is 12.9. The first kappa shape index (κ1) is 14.5. The van der Waals surface area contributed by atoms with Crippen LogP contribution in [0.25, 0.3) is 0 Å². The smallest absolute Gasteiger partial charge is 0.315 e. The molecular formula is C14H22N2O2. The number of hydrogen-bond donors (Lipinski definition) is 3. The van der Waals surface area contributed by atoms with Gasteiger partial charge in [-0.2, -0.15) is 0 Å². The summed E-state index contributed by atoms with van der Waals surface area (Å²) in [6.07, 6.45) is 0.704. The van der Waals surface area contributed by atoms with Crippen molar-refractivity contribution >= 4 is 6.03 Å². The van der Waals surface area contributed by atoms with Gasteiger partial charge in [0.1, 0.15) is 0 Å². The topological polar surface area (TPSA) is 61.4 Å². The molecule has 3 N–H and O–H groups in total. The lowest BCUT2D eigenvalue weighted by Gasteiger charge is -2.28. The van der Waals surface area contributed by atoms with E-state index in [9.17, 15) is 4.79 Å². The highest BCUT2D eigenvalue weighted by atomic mass is 16.3. The van der Waals surface area contributed by atoms with Gasteiger partial charge in [0.25, 0.3) is 0 Å². The van der Waals surface area contributed by atoms with Gasteiger partial charge in [0.2, 0.25) is 0 Å². The molecule has 18 heavy (non-hydrogen) atoms. The number of rotatable bonds is 5. The van der Waals surface area contributed by atoms with E-state index < -0.39 is 5.54 Å². The van der Waals surface area contributed by atoms with Crippen molar-refractivity contribution in [3.63, 3.8) is 0 Å². The Labute approximate surface area is 108 Å². The molecule has 0 aromatic heterocycles. The molecule has 1 rings (SSSR count). The zero-order chi connectivity index (χ0) is 13.6. The summed E-state index contributed by atoms with van der Waals surface area (Å²) in [5.41, 5.74) is 0.594. The minimum atomic E-state index is -0.445. The van der Waals surface area contributed by atoms with Gasteiger partial charge in [0.15, 0.2) is 0 Å². The van der Waals surface area contributed by atoms with Crippen LogP contribution in [0.4, 0.5) is 4.79 Å². The Morgan fingerprint density at radius 2 is 1.94 bits per heavy atom. The van der Waals surface area contributed by atoms with Gasteiger partial charge in [0, 0.05) is 0 Å². The van der Waals surface area contributed by atoms with E-state index in [4.69, 9.17) is 5.11 Å². The Bertz CT molecular complexity index is 373. The Hall–Kier alpha value is -1.55. The standard InChI is InChI=1S/C14H22N2O2/c1-4-12(10-17)15-13(18)16-14(2,3)11-8-6-5-7-9-11/h5-9,12,17H,4,10H2,1-3H3,(H2,15,16,18). The van der Waals surface area contributed by atoms with Crippen LogP contribution in [-0.2, 0) is 5.54 Å². The molecule has 0 heterocycles. The van der Waals surface area contributed by atoms with E-state index in [1.807, 2.05) is 51.1 Å². The van der Waals surface area contributed by atoms with Crippen LogP contribution in [0.15, 0.2) is 30.3 Å². The molecule has 0 saturated heterocycles. The molecule has 2 amide bonds. The second-order valence-electron chi connectivity index (χ2n) is 4.88. The largest absolute Gasteiger partial charge is 0.394 e. The van der Waals surface area contributed by atoms with Gasteiger partial charge < -0.3 is 15.7 Å². The predicted octanol–water partition coefficient (Wildman–Crippen LogP) is 1.99. The molecule has 1 unspecified atom stereocenters. The van der Waals surface area contributed by atoms with Gasteiger partial charge in [-0.25, -0.2) is 4.79 Å². The average molecular weight is 250 g/mol. The fourth-order valence-corrected chi connectivity index (χ4v) is 1.71. The maximum atomic E-state index is 11.8. The molecule has 0 aliphatic carbocycles. The number of carbonyl (C=O) groups excluding carboxylic acids is 1. The Morgan fingerprint density at radius 1 is 1.33 bits per heavy atom. The lowest BCUT2D eigenvalue weighted by Crippen LogP contribution is -2.50. The summed E-state index contributed by atoms with van der Waals surface area (Å²) in [4.78, 5) is 11.8. The highest BCUT2D eigenvalue weighted by Gasteiger charge is 2.23. The second-order valence-corrected chi connectivity index (χ2v) is 4.88. The summed E-state index contributed by atoms with van der Waals surface area (Å²) < 4.78 is 0. The summed E-state index contributed by atoms with van der Waals surface area (Å²) in [5.74, 6) is 0. The SMILES string of the molecule is CCC(CO)NC(=O)NC(C)(C)c1ccccc1. The molecule has 0 aliphatic heterocycles. The maximum Gasteiger partial charge on any atom is 0.315 e. The molecular weight excluding hydrogens is 228 g/mol. The van der Waals surface area contributed by atoms with Crippen molar-refractivity contribution in [2.45, 2.75) is 38.8 Å². The molecule has 100 valence electrons. The second kappa shape index (κ2) is 6.40. The molecule has 1 atom stereocenters. The number of aliphatic hydroxyl groups excluding tert-OH is 1. The number of benzene rings is 1. The van der Waals surface area contributed by atoms with Crippen molar-refractivity contribution < 1.29 is 9.90 Å². The number of urea groups is 1. The summed E-state index contributed by atoms with van der Waals surface area (Å²) in [5, 5.41) is 14.7. The summed E-state index contributed by atoms with van der Waals surface area (Å²) >= 11 is 0. The van der Waals surface area contributed by atoms with Crippen LogP contribution < -0.4 is 10.6 Å².